The van der Waals surface area contributed by atoms with E-state index in [1.54, 1.807) is 0 Å². The van der Waals surface area contributed by atoms with E-state index in [9.17, 15) is 0 Å². The maximum Gasteiger partial charge on any atom is 0.141 e. The van der Waals surface area contributed by atoms with Crippen LogP contribution >= 0.6 is 15.9 Å². The van der Waals surface area contributed by atoms with Crippen LogP contribution in [0.15, 0.2) is 28.7 Å². The van der Waals surface area contributed by atoms with Crippen molar-refractivity contribution in [2.24, 2.45) is 0 Å². The third-order valence-electron chi connectivity index (χ3n) is 3.65. The van der Waals surface area contributed by atoms with E-state index in [0.29, 0.717) is 0 Å². The zero-order valence-corrected chi connectivity index (χ0v) is 14.1. The lowest BCUT2D eigenvalue weighted by Gasteiger charge is -2.42. The van der Waals surface area contributed by atoms with Crippen molar-refractivity contribution in [2.75, 3.05) is 4.23 Å². The summed E-state index contributed by atoms with van der Waals surface area (Å²) in [5, 5.41) is 0. The van der Waals surface area contributed by atoms with Crippen molar-refractivity contribution in [3.05, 3.63) is 28.7 Å². The smallest absolute Gasteiger partial charge is 0.141 e. The van der Waals surface area contributed by atoms with Crippen molar-refractivity contribution in [3.8, 4) is 0 Å². The Hall–Kier alpha value is -0.0662. The first-order valence-corrected chi connectivity index (χ1v) is 13.0. The van der Waals surface area contributed by atoms with E-state index in [0.717, 1.165) is 0 Å². The second-order valence-electron chi connectivity index (χ2n) is 5.91. The number of para-hydroxylation sites is 1. The number of nitrogens with zero attached hydrogens (tertiary/aromatic N) is 1. The van der Waals surface area contributed by atoms with Gasteiger partial charge >= 0.3 is 0 Å². The van der Waals surface area contributed by atoms with Crippen LogP contribution in [-0.2, 0) is 0 Å². The first-order valence-electron chi connectivity index (χ1n) is 5.89. The fraction of sp³-hybridized carbons (Fsp3) is 0.500. The monoisotopic (exact) mass is 313 g/mol. The fourth-order valence-electron chi connectivity index (χ4n) is 2.94. The molecule has 0 unspecified atom stereocenters. The molecule has 1 aliphatic heterocycles. The van der Waals surface area contributed by atoms with Crippen molar-refractivity contribution in [2.45, 2.75) is 38.3 Å². The van der Waals surface area contributed by atoms with Crippen LogP contribution in [0.4, 0.5) is 5.69 Å². The summed E-state index contributed by atoms with van der Waals surface area (Å²) in [5.74, 6) is 0. The third kappa shape index (κ3) is 2.02. The molecule has 0 amide bonds. The highest BCUT2D eigenvalue weighted by atomic mass is 79.9. The normalized spacial score (nSPS) is 22.4. The number of anilines is 1. The molecule has 1 aliphatic rings. The summed E-state index contributed by atoms with van der Waals surface area (Å²) in [5.41, 5.74) is 1.44. The first kappa shape index (κ1) is 12.4. The average molecular weight is 314 g/mol. The lowest BCUT2D eigenvalue weighted by molar-refractivity contribution is 1.35. The standard InChI is InChI=1S/C12H20BrNSi2/c1-15(2)9-10-16(3,4)14(15)12-8-6-5-7-11(12)13/h5-8H,9-10H2,1-4H3. The minimum Gasteiger partial charge on any atom is -0.423 e. The molecule has 16 heavy (non-hydrogen) atoms. The van der Waals surface area contributed by atoms with E-state index < -0.39 is 16.5 Å². The Morgan fingerprint density at radius 1 is 1.00 bits per heavy atom. The number of halogens is 1. The molecule has 1 nitrogen and oxygen atoms in total. The van der Waals surface area contributed by atoms with Crippen molar-refractivity contribution in [1.82, 2.24) is 0 Å². The van der Waals surface area contributed by atoms with Crippen LogP contribution < -0.4 is 4.23 Å². The van der Waals surface area contributed by atoms with Crippen LogP contribution in [0.25, 0.3) is 0 Å². The van der Waals surface area contributed by atoms with Crippen LogP contribution in [0.1, 0.15) is 0 Å². The summed E-state index contributed by atoms with van der Waals surface area (Å²) < 4.78 is 4.10. The molecular formula is C12H20BrNSi2. The molecule has 0 spiro atoms. The van der Waals surface area contributed by atoms with Gasteiger partial charge in [-0.2, -0.15) is 0 Å². The minimum atomic E-state index is -1.21. The fourth-order valence-corrected chi connectivity index (χ4v) is 18.0. The van der Waals surface area contributed by atoms with Gasteiger partial charge in [-0.1, -0.05) is 38.3 Å². The van der Waals surface area contributed by atoms with Gasteiger partial charge in [0.2, 0.25) is 0 Å². The van der Waals surface area contributed by atoms with Crippen molar-refractivity contribution in [1.29, 1.82) is 0 Å². The Morgan fingerprint density at radius 2 is 1.50 bits per heavy atom. The molecule has 0 bridgehead atoms. The van der Waals surface area contributed by atoms with Gasteiger partial charge in [0, 0.05) is 10.2 Å². The highest BCUT2D eigenvalue weighted by Crippen LogP contribution is 2.43. The summed E-state index contributed by atoms with van der Waals surface area (Å²) in [6.07, 6.45) is 0. The molecule has 0 atom stereocenters. The highest BCUT2D eigenvalue weighted by Gasteiger charge is 2.47. The zero-order valence-electron chi connectivity index (χ0n) is 10.5. The maximum absolute atomic E-state index is 3.71. The van der Waals surface area contributed by atoms with Gasteiger partial charge in [0.1, 0.15) is 16.5 Å². The average Bonchev–Trinajstić information content (AvgIpc) is 2.39. The van der Waals surface area contributed by atoms with Crippen molar-refractivity contribution in [3.63, 3.8) is 0 Å². The van der Waals surface area contributed by atoms with E-state index in [1.165, 1.54) is 22.2 Å². The van der Waals surface area contributed by atoms with Gasteiger partial charge in [-0.3, -0.25) is 0 Å². The number of benzene rings is 1. The number of rotatable bonds is 1. The molecule has 1 aromatic rings. The quantitative estimate of drug-likeness (QED) is 0.680. The van der Waals surface area contributed by atoms with Crippen LogP contribution in [0.3, 0.4) is 0 Å². The highest BCUT2D eigenvalue weighted by molar-refractivity contribution is 9.10. The second-order valence-corrected chi connectivity index (χ2v) is 16.4. The van der Waals surface area contributed by atoms with Gasteiger partial charge in [0.05, 0.1) is 0 Å². The third-order valence-corrected chi connectivity index (χ3v) is 14.3. The molecule has 0 aliphatic carbocycles. The predicted molar refractivity (Wildman–Crippen MR) is 81.2 cm³/mol. The Morgan fingerprint density at radius 3 is 2.00 bits per heavy atom. The van der Waals surface area contributed by atoms with E-state index in [4.69, 9.17) is 0 Å². The minimum absolute atomic E-state index is 1.21. The molecule has 0 saturated carbocycles. The predicted octanol–water partition coefficient (Wildman–Crippen LogP) is 4.68. The van der Waals surface area contributed by atoms with Gasteiger partial charge < -0.3 is 4.23 Å². The lowest BCUT2D eigenvalue weighted by Crippen LogP contribution is -2.55. The Balaban J connectivity index is 2.50. The summed E-state index contributed by atoms with van der Waals surface area (Å²) in [6.45, 7) is 10.0. The van der Waals surface area contributed by atoms with Crippen LogP contribution in [-0.4, -0.2) is 16.5 Å². The molecule has 1 fully saturated rings. The Bertz CT molecular complexity index is 388. The molecule has 1 heterocycles. The van der Waals surface area contributed by atoms with Crippen molar-refractivity contribution >= 4 is 38.1 Å². The van der Waals surface area contributed by atoms with E-state index in [-0.39, 0.29) is 0 Å². The largest absolute Gasteiger partial charge is 0.423 e. The Kier molecular flexibility index (Phi) is 3.10. The molecule has 88 valence electrons. The summed E-state index contributed by atoms with van der Waals surface area (Å²) in [4.78, 5) is 0. The molecule has 0 N–H and O–H groups in total. The molecule has 4 heteroatoms. The number of hydrogen-bond donors (Lipinski definition) is 0. The van der Waals surface area contributed by atoms with Crippen LogP contribution in [0.2, 0.25) is 38.3 Å². The molecule has 1 aromatic carbocycles. The molecular weight excluding hydrogens is 294 g/mol. The molecule has 2 rings (SSSR count). The van der Waals surface area contributed by atoms with Gasteiger partial charge in [0.15, 0.2) is 0 Å². The van der Waals surface area contributed by atoms with E-state index >= 15 is 0 Å². The number of hydrogen-bond acceptors (Lipinski definition) is 1. The van der Waals surface area contributed by atoms with Crippen LogP contribution in [0.5, 0.6) is 0 Å². The SMILES string of the molecule is C[Si]1(C)CC[Si](C)(C)N1c1ccccc1Br. The molecule has 0 aromatic heterocycles. The Labute approximate surface area is 109 Å². The lowest BCUT2D eigenvalue weighted by atomic mass is 10.3. The van der Waals surface area contributed by atoms with Gasteiger partial charge in [0.25, 0.3) is 0 Å². The topological polar surface area (TPSA) is 3.24 Å². The zero-order chi connectivity index (χ0) is 12.0. The summed E-state index contributed by atoms with van der Waals surface area (Å²) in [7, 11) is -2.42. The first-order chi connectivity index (χ1) is 7.34. The van der Waals surface area contributed by atoms with Crippen LogP contribution in [0, 0.1) is 0 Å². The van der Waals surface area contributed by atoms with Gasteiger partial charge in [-0.25, -0.2) is 0 Å². The summed E-state index contributed by atoms with van der Waals surface area (Å²) in [6, 6.07) is 11.6. The van der Waals surface area contributed by atoms with Gasteiger partial charge in [-0.05, 0) is 40.2 Å². The van der Waals surface area contributed by atoms with Gasteiger partial charge in [-0.15, -0.1) is 0 Å². The van der Waals surface area contributed by atoms with E-state index in [1.807, 2.05) is 0 Å². The van der Waals surface area contributed by atoms with Crippen molar-refractivity contribution < 1.29 is 0 Å². The maximum atomic E-state index is 3.71. The van der Waals surface area contributed by atoms with E-state index in [2.05, 4.69) is 70.6 Å². The second kappa shape index (κ2) is 4.00. The molecule has 0 radical (unpaired) electrons. The summed E-state index contributed by atoms with van der Waals surface area (Å²) >= 11 is 3.71. The molecule has 1 saturated heterocycles.